The molecule has 0 saturated carbocycles. The minimum atomic E-state index is -0.377. The highest BCUT2D eigenvalue weighted by molar-refractivity contribution is 5.71. The van der Waals surface area contributed by atoms with E-state index in [4.69, 9.17) is 4.42 Å². The zero-order valence-electron chi connectivity index (χ0n) is 12.3. The molecular formula is C15H19N3O3. The van der Waals surface area contributed by atoms with E-state index in [-0.39, 0.29) is 10.6 Å². The third-order valence-corrected chi connectivity index (χ3v) is 3.23. The van der Waals surface area contributed by atoms with E-state index in [1.807, 2.05) is 0 Å². The molecule has 1 aromatic heterocycles. The van der Waals surface area contributed by atoms with E-state index < -0.39 is 0 Å². The Morgan fingerprint density at radius 2 is 2.24 bits per heavy atom. The maximum absolute atomic E-state index is 11.2. The lowest BCUT2D eigenvalue weighted by Crippen LogP contribution is -2.14. The van der Waals surface area contributed by atoms with Gasteiger partial charge in [-0.25, -0.2) is 4.98 Å². The number of nitro groups is 1. The Labute approximate surface area is 123 Å². The highest BCUT2D eigenvalue weighted by atomic mass is 16.6. The van der Waals surface area contributed by atoms with Crippen molar-refractivity contribution in [2.75, 3.05) is 13.1 Å². The fourth-order valence-electron chi connectivity index (χ4n) is 2.19. The summed E-state index contributed by atoms with van der Waals surface area (Å²) >= 11 is 0. The summed E-state index contributed by atoms with van der Waals surface area (Å²) in [4.78, 5) is 15.0. The lowest BCUT2D eigenvalue weighted by Gasteiger charge is -2.02. The van der Waals surface area contributed by atoms with Crippen LogP contribution in [0.1, 0.15) is 24.8 Å². The molecule has 112 valence electrons. The molecule has 0 aliphatic carbocycles. The van der Waals surface area contributed by atoms with Crippen LogP contribution < -0.4 is 5.32 Å². The first-order valence-corrected chi connectivity index (χ1v) is 7.03. The van der Waals surface area contributed by atoms with Gasteiger partial charge in [0.25, 0.3) is 5.69 Å². The second-order valence-electron chi connectivity index (χ2n) is 4.80. The Morgan fingerprint density at radius 3 is 2.95 bits per heavy atom. The summed E-state index contributed by atoms with van der Waals surface area (Å²) in [5.74, 6) is 1.06. The number of nitrogens with zero attached hydrogens (tertiary/aromatic N) is 2. The molecule has 0 bridgehead atoms. The van der Waals surface area contributed by atoms with E-state index >= 15 is 0 Å². The fourth-order valence-corrected chi connectivity index (χ4v) is 2.19. The molecule has 6 heteroatoms. The maximum Gasteiger partial charge on any atom is 0.283 e. The van der Waals surface area contributed by atoms with Gasteiger partial charge in [0.15, 0.2) is 11.7 Å². The molecule has 0 radical (unpaired) electrons. The van der Waals surface area contributed by atoms with Crippen molar-refractivity contribution in [3.8, 4) is 11.3 Å². The van der Waals surface area contributed by atoms with Gasteiger partial charge in [-0.1, -0.05) is 19.1 Å². The Bertz CT molecular complexity index is 622. The van der Waals surface area contributed by atoms with Gasteiger partial charge in [0.2, 0.25) is 0 Å². The van der Waals surface area contributed by atoms with Crippen LogP contribution in [0, 0.1) is 17.0 Å². The predicted molar refractivity (Wildman–Crippen MR) is 80.2 cm³/mol. The standard InChI is InChI=1S/C15H19N3O3/c1-3-16-9-5-8-14-17-10-13(21-14)12-7-4-6-11(2)15(12)18(19)20/h4,6-7,10,16H,3,5,8-9H2,1-2H3. The third-order valence-electron chi connectivity index (χ3n) is 3.23. The minimum absolute atomic E-state index is 0.0767. The summed E-state index contributed by atoms with van der Waals surface area (Å²) in [6, 6.07) is 5.19. The molecule has 6 nitrogen and oxygen atoms in total. The van der Waals surface area contributed by atoms with Gasteiger partial charge in [-0.3, -0.25) is 10.1 Å². The third kappa shape index (κ3) is 3.66. The van der Waals surface area contributed by atoms with Crippen LogP contribution in [0.2, 0.25) is 0 Å². The van der Waals surface area contributed by atoms with Gasteiger partial charge in [0.05, 0.1) is 16.7 Å². The number of benzene rings is 1. The van der Waals surface area contributed by atoms with Crippen molar-refractivity contribution >= 4 is 5.69 Å². The van der Waals surface area contributed by atoms with Crippen LogP contribution in [-0.4, -0.2) is 23.0 Å². The number of aryl methyl sites for hydroxylation is 2. The van der Waals surface area contributed by atoms with E-state index in [0.29, 0.717) is 29.2 Å². The number of para-hydroxylation sites is 1. The van der Waals surface area contributed by atoms with Crippen molar-refractivity contribution in [3.05, 3.63) is 46.0 Å². The average molecular weight is 289 g/mol. The van der Waals surface area contributed by atoms with E-state index in [1.165, 1.54) is 0 Å². The lowest BCUT2D eigenvalue weighted by molar-refractivity contribution is -0.384. The number of hydrogen-bond acceptors (Lipinski definition) is 5. The molecule has 0 unspecified atom stereocenters. The first-order valence-electron chi connectivity index (χ1n) is 7.03. The van der Waals surface area contributed by atoms with Crippen LogP contribution in [0.15, 0.2) is 28.8 Å². The molecule has 0 aliphatic rings. The number of nitro benzene ring substituents is 1. The monoisotopic (exact) mass is 289 g/mol. The highest BCUT2D eigenvalue weighted by Gasteiger charge is 2.20. The van der Waals surface area contributed by atoms with Crippen molar-refractivity contribution in [1.82, 2.24) is 10.3 Å². The molecule has 1 aromatic carbocycles. The second-order valence-corrected chi connectivity index (χ2v) is 4.80. The van der Waals surface area contributed by atoms with Crippen molar-refractivity contribution in [2.45, 2.75) is 26.7 Å². The Hall–Kier alpha value is -2.21. The molecule has 0 fully saturated rings. The number of rotatable bonds is 7. The minimum Gasteiger partial charge on any atom is -0.440 e. The first kappa shape index (κ1) is 15.2. The maximum atomic E-state index is 11.2. The largest absolute Gasteiger partial charge is 0.440 e. The molecule has 1 heterocycles. The van der Waals surface area contributed by atoms with Crippen LogP contribution in [0.3, 0.4) is 0 Å². The molecule has 2 rings (SSSR count). The van der Waals surface area contributed by atoms with Crippen molar-refractivity contribution in [2.24, 2.45) is 0 Å². The number of aromatic nitrogens is 1. The summed E-state index contributed by atoms with van der Waals surface area (Å²) in [5, 5.41) is 14.4. The second kappa shape index (κ2) is 6.99. The molecule has 0 spiro atoms. The summed E-state index contributed by atoms with van der Waals surface area (Å²) in [6.45, 7) is 5.61. The van der Waals surface area contributed by atoms with Crippen LogP contribution in [0.25, 0.3) is 11.3 Å². The average Bonchev–Trinajstić information content (AvgIpc) is 2.91. The smallest absolute Gasteiger partial charge is 0.283 e. The van der Waals surface area contributed by atoms with E-state index in [0.717, 1.165) is 19.5 Å². The first-order chi connectivity index (χ1) is 10.1. The Balaban J connectivity index is 2.18. The summed E-state index contributed by atoms with van der Waals surface area (Å²) in [5.41, 5.74) is 1.17. The van der Waals surface area contributed by atoms with Crippen molar-refractivity contribution in [1.29, 1.82) is 0 Å². The van der Waals surface area contributed by atoms with Gasteiger partial charge in [-0.2, -0.15) is 0 Å². The van der Waals surface area contributed by atoms with E-state index in [2.05, 4.69) is 17.2 Å². The number of nitrogens with one attached hydrogen (secondary N) is 1. The molecule has 1 N–H and O–H groups in total. The Kier molecular flexibility index (Phi) is 5.05. The number of hydrogen-bond donors (Lipinski definition) is 1. The van der Waals surface area contributed by atoms with Gasteiger partial charge >= 0.3 is 0 Å². The topological polar surface area (TPSA) is 81.2 Å². The molecule has 0 amide bonds. The van der Waals surface area contributed by atoms with E-state index in [9.17, 15) is 10.1 Å². The van der Waals surface area contributed by atoms with Gasteiger partial charge < -0.3 is 9.73 Å². The molecule has 0 saturated heterocycles. The Morgan fingerprint density at radius 1 is 1.43 bits per heavy atom. The van der Waals surface area contributed by atoms with Crippen LogP contribution in [-0.2, 0) is 6.42 Å². The van der Waals surface area contributed by atoms with Crippen LogP contribution in [0.4, 0.5) is 5.69 Å². The summed E-state index contributed by atoms with van der Waals surface area (Å²) < 4.78 is 5.65. The van der Waals surface area contributed by atoms with Gasteiger partial charge in [-0.05, 0) is 32.5 Å². The fraction of sp³-hybridized carbons (Fsp3) is 0.400. The SMILES string of the molecule is CCNCCCc1ncc(-c2cccc(C)c2[N+](=O)[O-])o1. The highest BCUT2D eigenvalue weighted by Crippen LogP contribution is 2.32. The molecular weight excluding hydrogens is 270 g/mol. The zero-order valence-corrected chi connectivity index (χ0v) is 12.3. The van der Waals surface area contributed by atoms with Crippen LogP contribution >= 0.6 is 0 Å². The summed E-state index contributed by atoms with van der Waals surface area (Å²) in [6.07, 6.45) is 3.20. The summed E-state index contributed by atoms with van der Waals surface area (Å²) in [7, 11) is 0. The van der Waals surface area contributed by atoms with Gasteiger partial charge in [0.1, 0.15) is 0 Å². The van der Waals surface area contributed by atoms with Crippen molar-refractivity contribution < 1.29 is 9.34 Å². The van der Waals surface area contributed by atoms with Gasteiger partial charge in [-0.15, -0.1) is 0 Å². The zero-order chi connectivity index (χ0) is 15.2. The molecule has 0 aliphatic heterocycles. The lowest BCUT2D eigenvalue weighted by atomic mass is 10.1. The molecule has 0 atom stereocenters. The normalized spacial score (nSPS) is 10.8. The number of oxazole rings is 1. The van der Waals surface area contributed by atoms with Crippen molar-refractivity contribution in [3.63, 3.8) is 0 Å². The molecule has 2 aromatic rings. The van der Waals surface area contributed by atoms with Crippen LogP contribution in [0.5, 0.6) is 0 Å². The quantitative estimate of drug-likeness (QED) is 0.481. The predicted octanol–water partition coefficient (Wildman–Crippen LogP) is 3.10. The van der Waals surface area contributed by atoms with Gasteiger partial charge in [0, 0.05) is 12.0 Å². The van der Waals surface area contributed by atoms with E-state index in [1.54, 1.807) is 31.3 Å². The molecule has 21 heavy (non-hydrogen) atoms.